The Morgan fingerprint density at radius 2 is 0.582 bits per heavy atom. The molecule has 4 aliphatic rings. The van der Waals surface area contributed by atoms with E-state index in [2.05, 4.69) is 0 Å². The van der Waals surface area contributed by atoms with E-state index < -0.39 is 65.8 Å². The molecule has 0 unspecified atom stereocenters. The molecule has 4 saturated heterocycles. The summed E-state index contributed by atoms with van der Waals surface area (Å²) in [5.74, 6) is -3.26. The van der Waals surface area contributed by atoms with E-state index in [-0.39, 0.29) is 109 Å². The molecule has 4 aliphatic heterocycles. The second-order valence-electron chi connectivity index (χ2n) is 36.7. The van der Waals surface area contributed by atoms with Crippen molar-refractivity contribution in [1.82, 2.24) is 19.6 Å². The number of thiophene rings is 4. The first-order valence-electron chi connectivity index (χ1n) is 46.6. The Bertz CT molecular complexity index is 7470. The minimum Gasteiger partial charge on any atom is -0.508 e. The average molecular weight is 2080 g/mol. The highest BCUT2D eigenvalue weighted by Crippen LogP contribution is 2.50. The van der Waals surface area contributed by atoms with Crippen LogP contribution in [0.1, 0.15) is 105 Å². The van der Waals surface area contributed by atoms with Crippen molar-refractivity contribution in [3.8, 4) is 69.0 Å². The van der Waals surface area contributed by atoms with Gasteiger partial charge in [0.15, 0.2) is 23.0 Å². The summed E-state index contributed by atoms with van der Waals surface area (Å²) in [7, 11) is 0. The number of rotatable bonds is 28. The number of carbonyl (C=O) groups excluding carboxylic acids is 4. The first-order chi connectivity index (χ1) is 69.5. The van der Waals surface area contributed by atoms with E-state index in [0.717, 1.165) is 76.0 Å². The summed E-state index contributed by atoms with van der Waals surface area (Å²) < 4.78 is 207. The van der Waals surface area contributed by atoms with Gasteiger partial charge in [0.1, 0.15) is 77.1 Å². The van der Waals surface area contributed by atoms with Gasteiger partial charge < -0.3 is 59.0 Å². The number of alkyl halides is 12. The fourth-order valence-electron chi connectivity index (χ4n) is 17.4. The summed E-state index contributed by atoms with van der Waals surface area (Å²) in [4.78, 5) is 62.2. The Labute approximate surface area is 845 Å². The maximum absolute atomic E-state index is 14.3. The summed E-state index contributed by atoms with van der Waals surface area (Å²) in [6.45, 7) is 10.3. The minimum absolute atomic E-state index is 0.0320. The Kier molecular flexibility index (Phi) is 31.0. The number of likely N-dealkylation sites (tertiary alicyclic amines) is 4. The van der Waals surface area contributed by atoms with Crippen molar-refractivity contribution in [2.45, 2.75) is 78.1 Å². The van der Waals surface area contributed by atoms with Crippen LogP contribution in [0, 0.1) is 63.0 Å². The lowest BCUT2D eigenvalue weighted by atomic mass is 9.99. The highest BCUT2D eigenvalue weighted by molar-refractivity contribution is 7.22. The van der Waals surface area contributed by atoms with E-state index in [9.17, 15) is 101 Å². The van der Waals surface area contributed by atoms with Gasteiger partial charge in [-0.3, -0.25) is 19.2 Å². The van der Waals surface area contributed by atoms with Gasteiger partial charge in [-0.1, -0.05) is 102 Å². The zero-order chi connectivity index (χ0) is 104. The van der Waals surface area contributed by atoms with Gasteiger partial charge in [-0.25, -0.2) is 8.78 Å². The number of hydrogen-bond donors (Lipinski definition) is 4. The first kappa shape index (κ1) is 104. The molecule has 16 aromatic rings. The van der Waals surface area contributed by atoms with Gasteiger partial charge in [0.05, 0.1) is 29.2 Å². The van der Waals surface area contributed by atoms with Gasteiger partial charge in [-0.2, -0.15) is 52.7 Å². The minimum atomic E-state index is -4.13. The first-order valence-corrected chi connectivity index (χ1v) is 49.9. The number of ether oxygens (including phenoxy) is 4. The normalized spacial score (nSPS) is 14.6. The lowest BCUT2D eigenvalue weighted by Gasteiger charge is -2.40. The standard InChI is InChI=1S/2C29H26F3NO3S.2C27H21F4NO3S/c1-17-3-9-23(18(2)13-17)26(35)28-27(24-10-6-21(34)14-25(24)37-28)36-22-7-4-19(5-8-22)11-12-33-15-20(16-33)29(30,31)32;1-17-3-4-18(2)24(13-17)26(35)28-27(23-10-7-21(34)14-25(23)37-28)36-22-8-5-19(6-9-22)11-12-33-15-20(16-33)29(30,31)32;28-19-5-3-17(4-6-19)24(34)26-25(22-10-7-20(33)13-23(22)36-26)35-21-8-1-16(2-9-21)11-12-32-14-18(15-32)27(29,30)31;28-22-4-2-1-3-20(22)24(34)26-25(21-10-7-18(33)13-23(21)36-26)35-19-8-5-16(6-9-19)11-12-32-14-17(15-32)27(29,30)31/h2*3-10,13-14,20,34H,11-12,15-16H2,1-2H3;1-10,13,18,33H,11-12,14-15H2;1-10,13,17,33H,11-12,14-15H2. The number of aryl methyl sites for hydroxylation is 4. The van der Waals surface area contributed by atoms with E-state index in [1.54, 1.807) is 129 Å². The van der Waals surface area contributed by atoms with Crippen molar-refractivity contribution in [2.75, 3.05) is 78.5 Å². The average Bonchev–Trinajstić information content (AvgIpc) is 1.62. The van der Waals surface area contributed by atoms with Crippen molar-refractivity contribution >= 4 is 109 Å². The molecule has 0 atom stereocenters. The number of aromatic hydroxyl groups is 4. The van der Waals surface area contributed by atoms with Crippen LogP contribution in [0.2, 0.25) is 0 Å². The van der Waals surface area contributed by atoms with Crippen LogP contribution in [0.5, 0.6) is 69.0 Å². The predicted molar refractivity (Wildman–Crippen MR) is 537 cm³/mol. The second kappa shape index (κ2) is 43.6. The molecule has 8 heterocycles. The highest BCUT2D eigenvalue weighted by atomic mass is 32.1. The molecule has 20 rings (SSSR count). The second-order valence-corrected chi connectivity index (χ2v) is 40.9. The highest BCUT2D eigenvalue weighted by Gasteiger charge is 2.50. The summed E-state index contributed by atoms with van der Waals surface area (Å²) in [6.07, 6.45) is -14.0. The molecule has 146 heavy (non-hydrogen) atoms. The summed E-state index contributed by atoms with van der Waals surface area (Å²) in [5.41, 5.74) is 9.14. The third kappa shape index (κ3) is 24.7. The molecule has 0 spiro atoms. The number of carbonyl (C=O) groups is 4. The third-order valence-corrected chi connectivity index (χ3v) is 30.5. The number of hydrogen-bond acceptors (Lipinski definition) is 20. The maximum atomic E-state index is 14.3. The van der Waals surface area contributed by atoms with Gasteiger partial charge in [-0.15, -0.1) is 45.3 Å². The van der Waals surface area contributed by atoms with Crippen molar-refractivity contribution in [2.24, 2.45) is 23.7 Å². The fraction of sp³-hybridized carbons (Fsp3) is 0.250. The molecule has 0 saturated carbocycles. The Balaban J connectivity index is 0.000000133. The molecule has 4 fully saturated rings. The summed E-state index contributed by atoms with van der Waals surface area (Å²) >= 11 is 4.84. The molecule has 0 amide bonds. The quantitative estimate of drug-likeness (QED) is 0.0266. The molecule has 4 aromatic heterocycles. The van der Waals surface area contributed by atoms with Gasteiger partial charge in [0.2, 0.25) is 23.1 Å². The van der Waals surface area contributed by atoms with Gasteiger partial charge in [-0.05, 0) is 251 Å². The molecule has 34 heteroatoms. The van der Waals surface area contributed by atoms with Crippen LogP contribution in [-0.4, -0.2) is 166 Å². The Morgan fingerprint density at radius 3 is 0.884 bits per heavy atom. The fourth-order valence-corrected chi connectivity index (χ4v) is 21.9. The largest absolute Gasteiger partial charge is 0.508 e. The number of fused-ring (bicyclic) bond motifs is 4. The van der Waals surface area contributed by atoms with Crippen molar-refractivity contribution in [3.05, 3.63) is 353 Å². The van der Waals surface area contributed by atoms with Crippen LogP contribution in [0.25, 0.3) is 40.3 Å². The molecular formula is C112H94F14N4O12S4. The van der Waals surface area contributed by atoms with Crippen molar-refractivity contribution < 1.29 is 120 Å². The zero-order valence-corrected chi connectivity index (χ0v) is 81.9. The van der Waals surface area contributed by atoms with E-state index in [4.69, 9.17) is 18.9 Å². The zero-order valence-electron chi connectivity index (χ0n) is 78.6. The number of halogens is 14. The van der Waals surface area contributed by atoms with Crippen molar-refractivity contribution in [1.29, 1.82) is 0 Å². The van der Waals surface area contributed by atoms with E-state index in [1.165, 1.54) is 94.7 Å². The molecule has 16 nitrogen and oxygen atoms in total. The van der Waals surface area contributed by atoms with Crippen molar-refractivity contribution in [3.63, 3.8) is 0 Å². The monoisotopic (exact) mass is 2080 g/mol. The topological polar surface area (TPSA) is 199 Å². The SMILES string of the molecule is Cc1ccc(C(=O)c2sc3cc(O)ccc3c2Oc2ccc(CCN3CC(C(F)(F)F)C3)cc2)c(C)c1.Cc1ccc(C)c(C(=O)c2sc3cc(O)ccc3c2Oc2ccc(CCN3CC(C(F)(F)F)C3)cc2)c1.O=C(c1ccc(F)cc1)c1sc2cc(O)ccc2c1Oc1ccc(CCN2CC(C(F)(F)F)C2)cc1.O=C(c1ccccc1F)c1sc2cc(O)ccc2c1Oc1ccc(CCN2CC(C(F)(F)F)C2)cc1. The number of phenolic OH excluding ortho intramolecular Hbond substituents is 4. The number of nitrogens with zero attached hydrogens (tertiary/aromatic N) is 4. The molecule has 12 aromatic carbocycles. The van der Waals surface area contributed by atoms with Crippen LogP contribution in [0.4, 0.5) is 61.5 Å². The third-order valence-electron chi connectivity index (χ3n) is 25.9. The molecule has 0 aliphatic carbocycles. The van der Waals surface area contributed by atoms with E-state index >= 15 is 0 Å². The molecule has 756 valence electrons. The van der Waals surface area contributed by atoms with Gasteiger partial charge in [0.25, 0.3) is 0 Å². The number of benzene rings is 12. The molecule has 0 bridgehead atoms. The lowest BCUT2D eigenvalue weighted by molar-refractivity contribution is -0.209. The number of phenols is 4. The van der Waals surface area contributed by atoms with E-state index in [0.29, 0.717) is 144 Å². The molecule has 0 radical (unpaired) electrons. The Hall–Kier alpha value is -13.6. The summed E-state index contributed by atoms with van der Waals surface area (Å²) in [6, 6.07) is 70.7. The molecular weight excluding hydrogens is 1990 g/mol. The van der Waals surface area contributed by atoms with E-state index in [1.807, 2.05) is 113 Å². The number of ketones is 4. The predicted octanol–water partition coefficient (Wildman–Crippen LogP) is 28.2. The van der Waals surface area contributed by atoms with Crippen LogP contribution in [0.3, 0.4) is 0 Å². The smallest absolute Gasteiger partial charge is 0.394 e. The van der Waals surface area contributed by atoms with Gasteiger partial charge in [0, 0.05) is 136 Å². The van der Waals surface area contributed by atoms with Gasteiger partial charge >= 0.3 is 24.7 Å². The molecule has 4 N–H and O–H groups in total. The van der Waals surface area contributed by atoms with Crippen LogP contribution >= 0.6 is 45.3 Å². The maximum Gasteiger partial charge on any atom is 0.394 e. The Morgan fingerprint density at radius 1 is 0.301 bits per heavy atom. The van der Waals surface area contributed by atoms with Crippen LogP contribution in [0.15, 0.2) is 255 Å². The van der Waals surface area contributed by atoms with Crippen LogP contribution in [-0.2, 0) is 25.7 Å². The lowest BCUT2D eigenvalue weighted by Crippen LogP contribution is -2.53. The van der Waals surface area contributed by atoms with Crippen LogP contribution < -0.4 is 18.9 Å². The summed E-state index contributed by atoms with van der Waals surface area (Å²) in [5, 5.41) is 42.4.